The molecule has 0 aromatic heterocycles. The molecule has 0 aliphatic carbocycles. The average molecular weight is 553 g/mol. The molecule has 182 valence electrons. The number of methoxy groups -OCH3 is 1. The molecular formula is C24H17BrN4O7. The van der Waals surface area contributed by atoms with Gasteiger partial charge in [-0.15, -0.1) is 0 Å². The van der Waals surface area contributed by atoms with Crippen LogP contribution in [0, 0.1) is 31.6 Å². The van der Waals surface area contributed by atoms with Crippen molar-refractivity contribution in [2.45, 2.75) is 6.61 Å². The van der Waals surface area contributed by atoms with E-state index in [-0.39, 0.29) is 29.2 Å². The maximum absolute atomic E-state index is 12.6. The number of hydrogen-bond acceptors (Lipinski definition) is 8. The number of benzene rings is 3. The molecule has 0 saturated carbocycles. The number of carbonyl (C=O) groups is 1. The lowest BCUT2D eigenvalue weighted by Crippen LogP contribution is -2.13. The third-order valence-corrected chi connectivity index (χ3v) is 5.36. The van der Waals surface area contributed by atoms with E-state index >= 15 is 0 Å². The van der Waals surface area contributed by atoms with E-state index in [2.05, 4.69) is 21.2 Å². The summed E-state index contributed by atoms with van der Waals surface area (Å²) in [6.45, 7) is 0.108. The molecule has 0 atom stereocenters. The van der Waals surface area contributed by atoms with Crippen LogP contribution in [0.15, 0.2) is 70.7 Å². The second-order valence-corrected chi connectivity index (χ2v) is 8.03. The summed E-state index contributed by atoms with van der Waals surface area (Å²) < 4.78 is 11.7. The van der Waals surface area contributed by atoms with Gasteiger partial charge in [-0.05, 0) is 63.5 Å². The van der Waals surface area contributed by atoms with Gasteiger partial charge in [-0.2, -0.15) is 5.26 Å². The molecule has 12 heteroatoms. The van der Waals surface area contributed by atoms with Crippen LogP contribution in [0.2, 0.25) is 0 Å². The van der Waals surface area contributed by atoms with E-state index < -0.39 is 15.8 Å². The summed E-state index contributed by atoms with van der Waals surface area (Å²) in [5.41, 5.74) is 0.846. The summed E-state index contributed by atoms with van der Waals surface area (Å²) in [7, 11) is 1.42. The molecule has 0 saturated heterocycles. The van der Waals surface area contributed by atoms with Crippen LogP contribution in [0.5, 0.6) is 11.5 Å². The molecule has 3 rings (SSSR count). The number of nitrogens with one attached hydrogen (secondary N) is 1. The number of rotatable bonds is 9. The van der Waals surface area contributed by atoms with Gasteiger partial charge in [0.05, 0.1) is 21.4 Å². The van der Waals surface area contributed by atoms with Gasteiger partial charge in [-0.1, -0.05) is 6.07 Å². The van der Waals surface area contributed by atoms with Gasteiger partial charge in [0.1, 0.15) is 18.2 Å². The van der Waals surface area contributed by atoms with Crippen LogP contribution in [-0.2, 0) is 11.4 Å². The first-order valence-electron chi connectivity index (χ1n) is 10.1. The number of hydrogen-bond donors (Lipinski definition) is 1. The van der Waals surface area contributed by atoms with Crippen LogP contribution in [0.25, 0.3) is 6.08 Å². The maximum Gasteiger partial charge on any atom is 0.271 e. The molecule has 1 amide bonds. The summed E-state index contributed by atoms with van der Waals surface area (Å²) in [6.07, 6.45) is 1.33. The lowest BCUT2D eigenvalue weighted by molar-refractivity contribution is -0.385. The van der Waals surface area contributed by atoms with Gasteiger partial charge in [0.15, 0.2) is 11.5 Å². The number of carbonyl (C=O) groups excluding carboxylic acids is 1. The maximum atomic E-state index is 12.6. The fourth-order valence-electron chi connectivity index (χ4n) is 3.04. The van der Waals surface area contributed by atoms with E-state index in [0.717, 1.165) is 0 Å². The third kappa shape index (κ3) is 6.43. The number of nitro benzene ring substituents is 2. The molecule has 3 aromatic carbocycles. The van der Waals surface area contributed by atoms with Gasteiger partial charge in [-0.3, -0.25) is 25.0 Å². The Morgan fingerprint density at radius 2 is 1.78 bits per heavy atom. The lowest BCUT2D eigenvalue weighted by atomic mass is 10.1. The van der Waals surface area contributed by atoms with Crippen LogP contribution in [0.1, 0.15) is 11.1 Å². The van der Waals surface area contributed by atoms with Crippen molar-refractivity contribution in [1.82, 2.24) is 0 Å². The largest absolute Gasteiger partial charge is 0.493 e. The third-order valence-electron chi connectivity index (χ3n) is 4.77. The van der Waals surface area contributed by atoms with Crippen molar-refractivity contribution in [3.05, 3.63) is 102 Å². The highest BCUT2D eigenvalue weighted by Gasteiger charge is 2.15. The number of ether oxygens (including phenoxy) is 2. The normalized spacial score (nSPS) is 10.8. The smallest absolute Gasteiger partial charge is 0.271 e. The SMILES string of the molecule is COc1cc(/C=C(/C#N)C(=O)Nc2cccc([N+](=O)[O-])c2)cc(Br)c1OCc1ccc([N+](=O)[O-])cc1. The Bertz CT molecular complexity index is 1400. The standard InChI is InChI=1S/C24H17BrN4O7/c1-35-22-11-16(9-17(13-26)24(30)27-18-3-2-4-20(12-18)29(33)34)10-21(25)23(22)36-14-15-5-7-19(8-6-15)28(31)32/h2-12H,14H2,1H3,(H,27,30)/b17-9-. The van der Waals surface area contributed by atoms with E-state index in [1.165, 1.54) is 49.6 Å². The van der Waals surface area contributed by atoms with Gasteiger partial charge < -0.3 is 14.8 Å². The minimum atomic E-state index is -0.744. The first-order valence-corrected chi connectivity index (χ1v) is 10.9. The monoisotopic (exact) mass is 552 g/mol. The fraction of sp³-hybridized carbons (Fsp3) is 0.0833. The molecule has 36 heavy (non-hydrogen) atoms. The number of nitriles is 1. The minimum absolute atomic E-state index is 0.0310. The Morgan fingerprint density at radius 3 is 2.39 bits per heavy atom. The molecule has 0 aliphatic heterocycles. The number of amides is 1. The lowest BCUT2D eigenvalue weighted by Gasteiger charge is -2.14. The Balaban J connectivity index is 1.79. The van der Waals surface area contributed by atoms with Gasteiger partial charge in [-0.25, -0.2) is 0 Å². The van der Waals surface area contributed by atoms with E-state index in [1.807, 2.05) is 6.07 Å². The van der Waals surface area contributed by atoms with Crippen LogP contribution in [-0.4, -0.2) is 22.9 Å². The molecule has 0 radical (unpaired) electrons. The predicted octanol–water partition coefficient (Wildman–Crippen LogP) is 5.40. The zero-order chi connectivity index (χ0) is 26.2. The van der Waals surface area contributed by atoms with Gasteiger partial charge >= 0.3 is 0 Å². The highest BCUT2D eigenvalue weighted by atomic mass is 79.9. The van der Waals surface area contributed by atoms with Crippen LogP contribution < -0.4 is 14.8 Å². The quantitative estimate of drug-likeness (QED) is 0.160. The first kappa shape index (κ1) is 25.9. The van der Waals surface area contributed by atoms with Crippen molar-refractivity contribution >= 4 is 45.0 Å². The first-order chi connectivity index (χ1) is 17.2. The topological polar surface area (TPSA) is 158 Å². The predicted molar refractivity (Wildman–Crippen MR) is 133 cm³/mol. The van der Waals surface area contributed by atoms with Crippen LogP contribution in [0.4, 0.5) is 17.1 Å². The van der Waals surface area contributed by atoms with Crippen LogP contribution >= 0.6 is 15.9 Å². The van der Waals surface area contributed by atoms with Crippen molar-refractivity contribution in [1.29, 1.82) is 5.26 Å². The second-order valence-electron chi connectivity index (χ2n) is 7.18. The molecule has 0 heterocycles. The number of nitro groups is 2. The Morgan fingerprint density at radius 1 is 1.08 bits per heavy atom. The number of non-ortho nitro benzene ring substituents is 2. The second kappa shape index (κ2) is 11.6. The van der Waals surface area contributed by atoms with E-state index in [9.17, 15) is 30.3 Å². The minimum Gasteiger partial charge on any atom is -0.493 e. The van der Waals surface area contributed by atoms with Crippen molar-refractivity contribution < 1.29 is 24.1 Å². The highest BCUT2D eigenvalue weighted by Crippen LogP contribution is 2.38. The zero-order valence-electron chi connectivity index (χ0n) is 18.6. The highest BCUT2D eigenvalue weighted by molar-refractivity contribution is 9.10. The van der Waals surface area contributed by atoms with E-state index in [4.69, 9.17) is 9.47 Å². The molecule has 0 fully saturated rings. The zero-order valence-corrected chi connectivity index (χ0v) is 20.2. The number of nitrogens with zero attached hydrogens (tertiary/aromatic N) is 3. The Hall–Kier alpha value is -4.76. The molecule has 0 spiro atoms. The number of halogens is 1. The molecular weight excluding hydrogens is 536 g/mol. The van der Waals surface area contributed by atoms with Gasteiger partial charge in [0.2, 0.25) is 0 Å². The van der Waals surface area contributed by atoms with Crippen molar-refractivity contribution in [3.8, 4) is 17.6 Å². The molecule has 0 unspecified atom stereocenters. The molecule has 0 bridgehead atoms. The summed E-state index contributed by atoms with van der Waals surface area (Å²) in [4.78, 5) is 33.2. The van der Waals surface area contributed by atoms with Gasteiger partial charge in [0.25, 0.3) is 17.3 Å². The molecule has 11 nitrogen and oxygen atoms in total. The average Bonchev–Trinajstić information content (AvgIpc) is 2.86. The van der Waals surface area contributed by atoms with Gasteiger partial charge in [0, 0.05) is 30.0 Å². The Labute approximate surface area is 213 Å². The fourth-order valence-corrected chi connectivity index (χ4v) is 3.62. The van der Waals surface area contributed by atoms with Crippen molar-refractivity contribution in [2.75, 3.05) is 12.4 Å². The number of anilines is 1. The van der Waals surface area contributed by atoms with E-state index in [1.54, 1.807) is 24.3 Å². The molecule has 1 N–H and O–H groups in total. The van der Waals surface area contributed by atoms with Crippen molar-refractivity contribution in [3.63, 3.8) is 0 Å². The summed E-state index contributed by atoms with van der Waals surface area (Å²) >= 11 is 3.40. The van der Waals surface area contributed by atoms with Crippen molar-refractivity contribution in [2.24, 2.45) is 0 Å². The summed E-state index contributed by atoms with van der Waals surface area (Å²) in [5.74, 6) is -0.0759. The summed E-state index contributed by atoms with van der Waals surface area (Å²) in [6, 6.07) is 16.3. The summed E-state index contributed by atoms with van der Waals surface area (Å²) in [5, 5.41) is 33.7. The molecule has 0 aliphatic rings. The molecule has 3 aromatic rings. The van der Waals surface area contributed by atoms with E-state index in [0.29, 0.717) is 27.1 Å². The van der Waals surface area contributed by atoms with Crippen LogP contribution in [0.3, 0.4) is 0 Å². The Kier molecular flexibility index (Phi) is 8.32.